The Balaban J connectivity index is 2.38. The minimum Gasteiger partial charge on any atom is -0.462 e. The maximum atomic E-state index is 11.8. The summed E-state index contributed by atoms with van der Waals surface area (Å²) in [6, 6.07) is 3.14. The zero-order valence-corrected chi connectivity index (χ0v) is 12.8. The molecular weight excluding hydrogens is 326 g/mol. The Morgan fingerprint density at radius 2 is 2.20 bits per heavy atom. The highest BCUT2D eigenvalue weighted by molar-refractivity contribution is 9.10. The molecule has 0 aliphatic heterocycles. The van der Waals surface area contributed by atoms with E-state index in [-0.39, 0.29) is 12.1 Å². The Kier molecular flexibility index (Phi) is 4.39. The van der Waals surface area contributed by atoms with Crippen LogP contribution >= 0.6 is 15.9 Å². The van der Waals surface area contributed by atoms with E-state index in [0.717, 1.165) is 4.47 Å². The van der Waals surface area contributed by atoms with Crippen LogP contribution in [0, 0.1) is 0 Å². The number of carbonyl (C=O) groups is 1. The van der Waals surface area contributed by atoms with Gasteiger partial charge in [0.05, 0.1) is 25.0 Å². The SMILES string of the molecule is CCOC(=O)c1cnn(C)c1Cn1cc(Br)ccc1=O. The number of ether oxygens (including phenoxy) is 1. The molecule has 6 nitrogen and oxygen atoms in total. The first-order chi connectivity index (χ1) is 9.52. The van der Waals surface area contributed by atoms with Crippen molar-refractivity contribution < 1.29 is 9.53 Å². The van der Waals surface area contributed by atoms with E-state index in [1.54, 1.807) is 30.9 Å². The summed E-state index contributed by atoms with van der Waals surface area (Å²) < 4.78 is 8.85. The topological polar surface area (TPSA) is 66.1 Å². The van der Waals surface area contributed by atoms with Gasteiger partial charge < -0.3 is 9.30 Å². The Hall–Kier alpha value is -1.89. The lowest BCUT2D eigenvalue weighted by Crippen LogP contribution is -2.21. The van der Waals surface area contributed by atoms with Crippen molar-refractivity contribution in [3.63, 3.8) is 0 Å². The molecule has 0 N–H and O–H groups in total. The third-order valence-corrected chi connectivity index (χ3v) is 3.29. The summed E-state index contributed by atoms with van der Waals surface area (Å²) in [5.74, 6) is -0.432. The second kappa shape index (κ2) is 6.04. The zero-order chi connectivity index (χ0) is 14.7. The van der Waals surface area contributed by atoms with Gasteiger partial charge in [0.2, 0.25) is 0 Å². The molecule has 2 rings (SSSR count). The summed E-state index contributed by atoms with van der Waals surface area (Å²) in [5, 5.41) is 4.06. The fourth-order valence-electron chi connectivity index (χ4n) is 1.82. The second-order valence-electron chi connectivity index (χ2n) is 4.16. The number of aryl methyl sites for hydroxylation is 1. The number of aromatic nitrogens is 3. The molecule has 0 aromatic carbocycles. The fraction of sp³-hybridized carbons (Fsp3) is 0.308. The first-order valence-corrected chi connectivity index (χ1v) is 6.86. The van der Waals surface area contributed by atoms with E-state index in [1.807, 2.05) is 0 Å². The van der Waals surface area contributed by atoms with Crippen molar-refractivity contribution in [2.24, 2.45) is 7.05 Å². The monoisotopic (exact) mass is 339 g/mol. The van der Waals surface area contributed by atoms with Crippen molar-refractivity contribution in [3.8, 4) is 0 Å². The van der Waals surface area contributed by atoms with Crippen LogP contribution in [0.5, 0.6) is 0 Å². The van der Waals surface area contributed by atoms with E-state index in [0.29, 0.717) is 17.9 Å². The first kappa shape index (κ1) is 14.5. The summed E-state index contributed by atoms with van der Waals surface area (Å²) in [7, 11) is 1.72. The molecule has 0 fully saturated rings. The van der Waals surface area contributed by atoms with Crippen LogP contribution in [0.1, 0.15) is 23.0 Å². The first-order valence-electron chi connectivity index (χ1n) is 6.07. The molecule has 2 heterocycles. The van der Waals surface area contributed by atoms with Gasteiger partial charge in [-0.2, -0.15) is 5.10 Å². The highest BCUT2D eigenvalue weighted by Gasteiger charge is 2.17. The maximum absolute atomic E-state index is 11.8. The summed E-state index contributed by atoms with van der Waals surface area (Å²) in [4.78, 5) is 23.7. The van der Waals surface area contributed by atoms with Gasteiger partial charge in [0.15, 0.2) is 0 Å². The van der Waals surface area contributed by atoms with Gasteiger partial charge in [-0.05, 0) is 28.9 Å². The van der Waals surface area contributed by atoms with Crippen molar-refractivity contribution in [1.29, 1.82) is 0 Å². The standard InChI is InChI=1S/C13H14BrN3O3/c1-3-20-13(19)10-6-15-16(2)11(10)8-17-7-9(14)4-5-12(17)18/h4-7H,3,8H2,1-2H3. The van der Waals surface area contributed by atoms with Gasteiger partial charge in [0.1, 0.15) is 5.56 Å². The number of esters is 1. The van der Waals surface area contributed by atoms with Crippen LogP contribution in [0.2, 0.25) is 0 Å². The zero-order valence-electron chi connectivity index (χ0n) is 11.2. The number of hydrogen-bond acceptors (Lipinski definition) is 4. The van der Waals surface area contributed by atoms with Crippen LogP contribution in [0.15, 0.2) is 33.8 Å². The Morgan fingerprint density at radius 3 is 2.90 bits per heavy atom. The number of pyridine rings is 1. The molecule has 2 aromatic heterocycles. The fourth-order valence-corrected chi connectivity index (χ4v) is 2.20. The maximum Gasteiger partial charge on any atom is 0.341 e. The van der Waals surface area contributed by atoms with Crippen LogP contribution in [0.4, 0.5) is 0 Å². The van der Waals surface area contributed by atoms with Crippen LogP contribution in [-0.2, 0) is 18.3 Å². The van der Waals surface area contributed by atoms with Gasteiger partial charge in [0, 0.05) is 23.8 Å². The average molecular weight is 340 g/mol. The lowest BCUT2D eigenvalue weighted by Gasteiger charge is -2.09. The molecule has 0 saturated heterocycles. The normalized spacial score (nSPS) is 10.6. The molecule has 0 aliphatic rings. The largest absolute Gasteiger partial charge is 0.462 e. The summed E-state index contributed by atoms with van der Waals surface area (Å²) >= 11 is 3.32. The van der Waals surface area contributed by atoms with Gasteiger partial charge >= 0.3 is 5.97 Å². The van der Waals surface area contributed by atoms with E-state index in [1.165, 1.54) is 16.8 Å². The third kappa shape index (κ3) is 2.98. The van der Waals surface area contributed by atoms with E-state index >= 15 is 0 Å². The van der Waals surface area contributed by atoms with E-state index in [9.17, 15) is 9.59 Å². The average Bonchev–Trinajstić information content (AvgIpc) is 2.76. The molecule has 7 heteroatoms. The molecule has 0 unspecified atom stereocenters. The molecule has 0 bridgehead atoms. The van der Waals surface area contributed by atoms with Gasteiger partial charge in [-0.1, -0.05) is 0 Å². The lowest BCUT2D eigenvalue weighted by atomic mass is 10.2. The number of rotatable bonds is 4. The van der Waals surface area contributed by atoms with Gasteiger partial charge in [-0.15, -0.1) is 0 Å². The number of carbonyl (C=O) groups excluding carboxylic acids is 1. The number of hydrogen-bond donors (Lipinski definition) is 0. The van der Waals surface area contributed by atoms with E-state index in [2.05, 4.69) is 21.0 Å². The van der Waals surface area contributed by atoms with Crippen molar-refractivity contribution in [2.45, 2.75) is 13.5 Å². The van der Waals surface area contributed by atoms with Gasteiger partial charge in [-0.3, -0.25) is 9.48 Å². The quantitative estimate of drug-likeness (QED) is 0.793. The Bertz CT molecular complexity index is 690. The Labute approximate surface area is 124 Å². The number of halogens is 1. The van der Waals surface area contributed by atoms with E-state index < -0.39 is 5.97 Å². The molecular formula is C13H14BrN3O3. The molecule has 0 spiro atoms. The van der Waals surface area contributed by atoms with Crippen LogP contribution < -0.4 is 5.56 Å². The number of nitrogens with zero attached hydrogens (tertiary/aromatic N) is 3. The summed E-state index contributed by atoms with van der Waals surface area (Å²) in [6.45, 7) is 2.29. The highest BCUT2D eigenvalue weighted by Crippen LogP contribution is 2.12. The van der Waals surface area contributed by atoms with Crippen molar-refractivity contribution in [1.82, 2.24) is 14.3 Å². The van der Waals surface area contributed by atoms with Crippen LogP contribution in [0.3, 0.4) is 0 Å². The van der Waals surface area contributed by atoms with E-state index in [4.69, 9.17) is 4.74 Å². The predicted molar refractivity (Wildman–Crippen MR) is 76.7 cm³/mol. The van der Waals surface area contributed by atoms with Crippen LogP contribution in [-0.4, -0.2) is 26.9 Å². The smallest absolute Gasteiger partial charge is 0.341 e. The second-order valence-corrected chi connectivity index (χ2v) is 5.08. The lowest BCUT2D eigenvalue weighted by molar-refractivity contribution is 0.0524. The molecule has 0 radical (unpaired) electrons. The molecule has 106 valence electrons. The van der Waals surface area contributed by atoms with Gasteiger partial charge in [-0.25, -0.2) is 4.79 Å². The molecule has 0 amide bonds. The highest BCUT2D eigenvalue weighted by atomic mass is 79.9. The molecule has 20 heavy (non-hydrogen) atoms. The van der Waals surface area contributed by atoms with Crippen molar-refractivity contribution in [2.75, 3.05) is 6.61 Å². The third-order valence-electron chi connectivity index (χ3n) is 2.82. The van der Waals surface area contributed by atoms with Crippen molar-refractivity contribution >= 4 is 21.9 Å². The van der Waals surface area contributed by atoms with Crippen LogP contribution in [0.25, 0.3) is 0 Å². The minimum atomic E-state index is -0.432. The van der Waals surface area contributed by atoms with Crippen molar-refractivity contribution in [3.05, 3.63) is 50.6 Å². The van der Waals surface area contributed by atoms with Gasteiger partial charge in [0.25, 0.3) is 5.56 Å². The molecule has 0 saturated carbocycles. The predicted octanol–water partition coefficient (Wildman–Crippen LogP) is 1.57. The molecule has 2 aromatic rings. The summed E-state index contributed by atoms with van der Waals surface area (Å²) in [6.07, 6.45) is 3.13. The summed E-state index contributed by atoms with van der Waals surface area (Å²) in [5.41, 5.74) is 0.856. The molecule has 0 aliphatic carbocycles. The Morgan fingerprint density at radius 1 is 1.45 bits per heavy atom. The molecule has 0 atom stereocenters. The minimum absolute atomic E-state index is 0.149.